The van der Waals surface area contributed by atoms with Gasteiger partial charge in [-0.05, 0) is 70.4 Å². The van der Waals surface area contributed by atoms with Crippen molar-refractivity contribution in [3.05, 3.63) is 22.2 Å². The molecule has 0 bridgehead atoms. The number of nitrogens with one attached hydrogen (secondary N) is 1. The summed E-state index contributed by atoms with van der Waals surface area (Å²) in [6.07, 6.45) is 3.57. The SMILES string of the molecule is COC(=O)C(CCSC)NSc1cc2c(cc1Br)CCN2C(C)=O. The van der Waals surface area contributed by atoms with Crippen LogP contribution in [0, 0.1) is 0 Å². The number of halogens is 1. The van der Waals surface area contributed by atoms with E-state index < -0.39 is 0 Å². The van der Waals surface area contributed by atoms with Gasteiger partial charge in [-0.1, -0.05) is 0 Å². The minimum Gasteiger partial charge on any atom is -0.468 e. The first-order valence-corrected chi connectivity index (χ1v) is 10.6. The molecule has 0 spiro atoms. The Kier molecular flexibility index (Phi) is 7.46. The fourth-order valence-corrected chi connectivity index (χ4v) is 4.45. The van der Waals surface area contributed by atoms with Crippen LogP contribution in [0.25, 0.3) is 0 Å². The van der Waals surface area contributed by atoms with Gasteiger partial charge in [-0.2, -0.15) is 11.8 Å². The number of fused-ring (bicyclic) bond motifs is 1. The lowest BCUT2D eigenvalue weighted by molar-refractivity contribution is -0.142. The summed E-state index contributed by atoms with van der Waals surface area (Å²) < 4.78 is 9.01. The fourth-order valence-electron chi connectivity index (χ4n) is 2.53. The van der Waals surface area contributed by atoms with Crippen LogP contribution in [0.3, 0.4) is 0 Å². The van der Waals surface area contributed by atoms with E-state index in [-0.39, 0.29) is 17.9 Å². The monoisotopic (exact) mass is 432 g/mol. The number of carbonyl (C=O) groups excluding carboxylic acids is 2. The summed E-state index contributed by atoms with van der Waals surface area (Å²) in [6.45, 7) is 2.30. The van der Waals surface area contributed by atoms with Crippen LogP contribution >= 0.6 is 39.6 Å². The van der Waals surface area contributed by atoms with Crippen LogP contribution in [0.5, 0.6) is 0 Å². The third kappa shape index (κ3) is 4.68. The Morgan fingerprint density at radius 2 is 2.21 bits per heavy atom. The average Bonchev–Trinajstić information content (AvgIpc) is 2.97. The van der Waals surface area contributed by atoms with Gasteiger partial charge >= 0.3 is 5.97 Å². The van der Waals surface area contributed by atoms with E-state index in [1.54, 1.807) is 23.6 Å². The minimum absolute atomic E-state index is 0.0485. The van der Waals surface area contributed by atoms with E-state index in [1.807, 2.05) is 12.3 Å². The highest BCUT2D eigenvalue weighted by atomic mass is 79.9. The van der Waals surface area contributed by atoms with Gasteiger partial charge in [0.05, 0.1) is 7.11 Å². The van der Waals surface area contributed by atoms with Crippen LogP contribution < -0.4 is 9.62 Å². The summed E-state index contributed by atoms with van der Waals surface area (Å²) in [5.74, 6) is 0.656. The highest BCUT2D eigenvalue weighted by Gasteiger charge is 2.25. The number of rotatable bonds is 7. The van der Waals surface area contributed by atoms with Gasteiger partial charge in [-0.15, -0.1) is 0 Å². The van der Waals surface area contributed by atoms with E-state index in [4.69, 9.17) is 4.74 Å². The Balaban J connectivity index is 2.13. The maximum Gasteiger partial charge on any atom is 0.323 e. The number of methoxy groups -OCH3 is 1. The molecule has 8 heteroatoms. The summed E-state index contributed by atoms with van der Waals surface area (Å²) in [5, 5.41) is 0. The second-order valence-corrected chi connectivity index (χ2v) is 8.13. The number of carbonyl (C=O) groups is 2. The molecule has 0 radical (unpaired) electrons. The predicted octanol–water partition coefficient (Wildman–Crippen LogP) is 3.25. The van der Waals surface area contributed by atoms with Crippen molar-refractivity contribution in [1.29, 1.82) is 0 Å². The number of hydrogen-bond donors (Lipinski definition) is 1. The number of anilines is 1. The van der Waals surface area contributed by atoms with Gasteiger partial charge in [-0.3, -0.25) is 9.59 Å². The van der Waals surface area contributed by atoms with Crippen molar-refractivity contribution in [2.24, 2.45) is 0 Å². The van der Waals surface area contributed by atoms with Gasteiger partial charge in [-0.25, -0.2) is 4.72 Å². The molecule has 0 saturated heterocycles. The quantitative estimate of drug-likeness (QED) is 0.526. The molecule has 132 valence electrons. The Morgan fingerprint density at radius 1 is 1.46 bits per heavy atom. The lowest BCUT2D eigenvalue weighted by atomic mass is 10.2. The normalized spacial score (nSPS) is 14.4. The molecule has 1 aromatic carbocycles. The van der Waals surface area contributed by atoms with E-state index in [1.165, 1.54) is 19.1 Å². The molecule has 1 atom stereocenters. The van der Waals surface area contributed by atoms with Gasteiger partial charge in [0.1, 0.15) is 6.04 Å². The first-order chi connectivity index (χ1) is 11.5. The van der Waals surface area contributed by atoms with Gasteiger partial charge in [0.15, 0.2) is 0 Å². The first-order valence-electron chi connectivity index (χ1n) is 7.57. The van der Waals surface area contributed by atoms with Crippen LogP contribution in [0.2, 0.25) is 0 Å². The fraction of sp³-hybridized carbons (Fsp3) is 0.500. The molecule has 0 fully saturated rings. The van der Waals surface area contributed by atoms with Crippen LogP contribution in [0.15, 0.2) is 21.5 Å². The zero-order chi connectivity index (χ0) is 17.7. The second-order valence-electron chi connectivity index (χ2n) is 5.41. The third-order valence-corrected chi connectivity index (χ3v) is 6.34. The summed E-state index contributed by atoms with van der Waals surface area (Å²) >= 11 is 6.66. The van der Waals surface area contributed by atoms with Gasteiger partial charge in [0, 0.05) is 28.5 Å². The number of benzene rings is 1. The standard InChI is InChI=1S/C16H21BrN2O3S2/c1-10(20)19-6-4-11-8-12(17)15(9-14(11)19)24-18-13(5-7-23-3)16(21)22-2/h8-9,13,18H,4-7H2,1-3H3. The summed E-state index contributed by atoms with van der Waals surface area (Å²) in [5.41, 5.74) is 2.11. The predicted molar refractivity (Wildman–Crippen MR) is 104 cm³/mol. The maximum atomic E-state index is 11.9. The number of esters is 1. The minimum atomic E-state index is -0.364. The zero-order valence-electron chi connectivity index (χ0n) is 13.9. The Labute approximate surface area is 159 Å². The number of amides is 1. The average molecular weight is 433 g/mol. The van der Waals surface area contributed by atoms with E-state index >= 15 is 0 Å². The highest BCUT2D eigenvalue weighted by molar-refractivity contribution is 9.10. The first kappa shape index (κ1) is 19.6. The molecule has 5 nitrogen and oxygen atoms in total. The zero-order valence-corrected chi connectivity index (χ0v) is 17.1. The van der Waals surface area contributed by atoms with Crippen molar-refractivity contribution in [1.82, 2.24) is 4.72 Å². The smallest absolute Gasteiger partial charge is 0.323 e. The van der Waals surface area contributed by atoms with Crippen molar-refractivity contribution in [2.45, 2.75) is 30.7 Å². The molecule has 1 unspecified atom stereocenters. The number of ether oxygens (including phenoxy) is 1. The molecule has 1 amide bonds. The van der Waals surface area contributed by atoms with Crippen molar-refractivity contribution >= 4 is 57.2 Å². The molecule has 0 aromatic heterocycles. The molecule has 2 rings (SSSR count). The second kappa shape index (κ2) is 9.12. The summed E-state index contributed by atoms with van der Waals surface area (Å²) in [4.78, 5) is 26.4. The Morgan fingerprint density at radius 3 is 2.83 bits per heavy atom. The van der Waals surface area contributed by atoms with Crippen LogP contribution in [0.1, 0.15) is 18.9 Å². The largest absolute Gasteiger partial charge is 0.468 e. The van der Waals surface area contributed by atoms with Gasteiger partial charge < -0.3 is 9.64 Å². The van der Waals surface area contributed by atoms with Crippen molar-refractivity contribution < 1.29 is 14.3 Å². The lowest BCUT2D eigenvalue weighted by Gasteiger charge is -2.18. The molecule has 1 aliphatic heterocycles. The molecular weight excluding hydrogens is 412 g/mol. The number of thioether (sulfide) groups is 1. The van der Waals surface area contributed by atoms with E-state index in [0.717, 1.165) is 39.3 Å². The molecule has 1 N–H and O–H groups in total. The molecule has 0 saturated carbocycles. The van der Waals surface area contributed by atoms with Crippen molar-refractivity contribution in [3.63, 3.8) is 0 Å². The highest BCUT2D eigenvalue weighted by Crippen LogP contribution is 2.37. The van der Waals surface area contributed by atoms with Crippen LogP contribution in [0.4, 0.5) is 5.69 Å². The molecule has 0 aliphatic carbocycles. The van der Waals surface area contributed by atoms with Gasteiger partial charge in [0.25, 0.3) is 0 Å². The third-order valence-electron chi connectivity index (χ3n) is 3.82. The van der Waals surface area contributed by atoms with Crippen molar-refractivity contribution in [3.8, 4) is 0 Å². The number of nitrogens with zero attached hydrogens (tertiary/aromatic N) is 1. The van der Waals surface area contributed by atoms with Crippen LogP contribution in [-0.4, -0.2) is 43.6 Å². The van der Waals surface area contributed by atoms with Crippen LogP contribution in [-0.2, 0) is 20.7 Å². The lowest BCUT2D eigenvalue weighted by Crippen LogP contribution is -2.34. The summed E-state index contributed by atoms with van der Waals surface area (Å²) in [6, 6.07) is 3.68. The number of hydrogen-bond acceptors (Lipinski definition) is 6. The molecule has 1 aromatic rings. The molecule has 24 heavy (non-hydrogen) atoms. The molecule has 1 heterocycles. The van der Waals surface area contributed by atoms with Crippen molar-refractivity contribution in [2.75, 3.05) is 30.6 Å². The van der Waals surface area contributed by atoms with Gasteiger partial charge in [0.2, 0.25) is 5.91 Å². The Hall–Kier alpha value is -0.700. The van der Waals surface area contributed by atoms with E-state index in [2.05, 4.69) is 26.7 Å². The van der Waals surface area contributed by atoms with E-state index in [0.29, 0.717) is 6.42 Å². The maximum absolute atomic E-state index is 11.9. The topological polar surface area (TPSA) is 58.6 Å². The molecule has 1 aliphatic rings. The Bertz CT molecular complexity index is 628. The summed E-state index contributed by atoms with van der Waals surface area (Å²) in [7, 11) is 1.40. The molecular formula is C16H21BrN2O3S2. The van der Waals surface area contributed by atoms with E-state index in [9.17, 15) is 9.59 Å².